The predicted molar refractivity (Wildman–Crippen MR) is 232 cm³/mol. The highest BCUT2D eigenvalue weighted by Crippen LogP contribution is 2.43. The Labute approximate surface area is 354 Å². The first-order valence-corrected chi connectivity index (χ1v) is 20.4. The fourth-order valence-electron chi connectivity index (χ4n) is 7.27. The van der Waals surface area contributed by atoms with Gasteiger partial charge in [-0.1, -0.05) is 93.9 Å². The molecule has 1 amide bonds. The Morgan fingerprint density at radius 3 is 2.23 bits per heavy atom. The monoisotopic (exact) mass is 831 g/mol. The highest BCUT2D eigenvalue weighted by Gasteiger charge is 2.44. The number of anilines is 1. The summed E-state index contributed by atoms with van der Waals surface area (Å²) in [6.45, 7) is 5.66. The van der Waals surface area contributed by atoms with Gasteiger partial charge in [-0.25, -0.2) is 4.98 Å². The number of aromatic amines is 1. The molecule has 1 aliphatic rings. The second-order valence-electron chi connectivity index (χ2n) is 14.8. The average molecular weight is 832 g/mol. The van der Waals surface area contributed by atoms with Gasteiger partial charge < -0.3 is 28.4 Å². The number of rotatable bonds is 16. The van der Waals surface area contributed by atoms with E-state index >= 15 is 0 Å². The van der Waals surface area contributed by atoms with Crippen LogP contribution in [0.25, 0.3) is 11.2 Å². The third-order valence-corrected chi connectivity index (χ3v) is 10.7. The summed E-state index contributed by atoms with van der Waals surface area (Å²) in [5.41, 5.74) is 2.34. The maximum Gasteiger partial charge on any atom is 0.358 e. The van der Waals surface area contributed by atoms with Crippen LogP contribution in [0.4, 0.5) is 5.95 Å². The molecule has 1 saturated heterocycles. The van der Waals surface area contributed by atoms with Crippen LogP contribution < -0.4 is 25.1 Å². The topological polar surface area (TPSA) is 148 Å². The van der Waals surface area contributed by atoms with Crippen LogP contribution in [-0.2, 0) is 31.0 Å². The fraction of sp³-hybridized carbons (Fsp3) is 0.326. The van der Waals surface area contributed by atoms with Crippen LogP contribution in [0.15, 0.2) is 114 Å². The number of hydrogen-bond acceptors (Lipinski definition) is 11. The fourth-order valence-corrected chi connectivity index (χ4v) is 7.49. The molecular formula is C46H49N5O8S. The summed E-state index contributed by atoms with van der Waals surface area (Å²) >= 11 is 5.72. The lowest BCUT2D eigenvalue weighted by Crippen LogP contribution is -2.39. The molecular weight excluding hydrogens is 783 g/mol. The molecule has 13 nitrogen and oxygen atoms in total. The first-order valence-electron chi connectivity index (χ1n) is 20.0. The Hall–Kier alpha value is -6.09. The first kappa shape index (κ1) is 42.0. The van der Waals surface area contributed by atoms with Crippen molar-refractivity contribution in [1.82, 2.24) is 19.5 Å². The van der Waals surface area contributed by atoms with Crippen molar-refractivity contribution in [2.24, 2.45) is 5.92 Å². The van der Waals surface area contributed by atoms with Gasteiger partial charge in [-0.2, -0.15) is 4.98 Å². The average Bonchev–Trinajstić information content (AvgIpc) is 3.88. The molecule has 0 aliphatic carbocycles. The van der Waals surface area contributed by atoms with E-state index in [4.69, 9.17) is 40.6 Å². The largest absolute Gasteiger partial charge is 0.497 e. The predicted octanol–water partition coefficient (Wildman–Crippen LogP) is 8.12. The van der Waals surface area contributed by atoms with E-state index in [0.717, 1.165) is 41.5 Å². The zero-order valence-corrected chi connectivity index (χ0v) is 35.1. The number of thiocarbonyl (C=S) groups is 1. The number of benzene rings is 4. The Balaban J connectivity index is 1.26. The van der Waals surface area contributed by atoms with Crippen molar-refractivity contribution in [3.63, 3.8) is 0 Å². The molecule has 60 heavy (non-hydrogen) atoms. The summed E-state index contributed by atoms with van der Waals surface area (Å²) in [4.78, 5) is 37.3. The summed E-state index contributed by atoms with van der Waals surface area (Å²) in [7, 11) is 3.25. The minimum absolute atomic E-state index is 0.000929. The molecule has 0 unspecified atom stereocenters. The molecule has 6 aromatic rings. The number of ether oxygens (including phenoxy) is 6. The molecule has 4 aromatic carbocycles. The van der Waals surface area contributed by atoms with Crippen molar-refractivity contribution < 1.29 is 33.2 Å². The minimum Gasteiger partial charge on any atom is -0.497 e. The number of nitrogens with one attached hydrogen (secondary N) is 2. The molecule has 0 bridgehead atoms. The molecule has 0 spiro atoms. The number of hydrogen-bond donors (Lipinski definition) is 2. The minimum atomic E-state index is -1.15. The van der Waals surface area contributed by atoms with Crippen molar-refractivity contribution in [2.75, 3.05) is 26.1 Å². The van der Waals surface area contributed by atoms with Crippen LogP contribution >= 0.6 is 12.2 Å². The summed E-state index contributed by atoms with van der Waals surface area (Å²) in [5.74, 6) is 1.33. The number of fused-ring (bicyclic) bond motifs is 1. The van der Waals surface area contributed by atoms with E-state index in [0.29, 0.717) is 17.2 Å². The number of imidazole rings is 1. The SMILES string of the molecule is CCCCc1cccc(OC(=S)O[C@@H]2C[C@H](n3cnc4c(=O)[nH]c(NC(=O)C(C)C)nc43)O[C@@H]2COC(c2ccccc2)(c2ccc(OC)cc2)c2ccc(OC)cc2)c1. The zero-order valence-electron chi connectivity index (χ0n) is 34.3. The van der Waals surface area contributed by atoms with Gasteiger partial charge >= 0.3 is 5.24 Å². The van der Waals surface area contributed by atoms with Crippen LogP contribution in [0, 0.1) is 5.92 Å². The number of aromatic nitrogens is 4. The molecule has 2 N–H and O–H groups in total. The molecule has 312 valence electrons. The lowest BCUT2D eigenvalue weighted by molar-refractivity contribution is -0.118. The van der Waals surface area contributed by atoms with Crippen molar-refractivity contribution in [3.05, 3.63) is 142 Å². The smallest absolute Gasteiger partial charge is 0.358 e. The van der Waals surface area contributed by atoms with E-state index in [1.54, 1.807) is 32.6 Å². The number of amides is 1. The zero-order chi connectivity index (χ0) is 42.2. The lowest BCUT2D eigenvalue weighted by atomic mass is 9.80. The standard InChI is InChI=1S/C46H49N5O8S/c1-6-7-12-30-13-11-16-36(25-30)57-45(60)59-37-26-39(51-28-47-40-41(51)48-44(50-43(40)53)49-42(52)29(2)3)58-38(37)27-56-46(31-14-9-8-10-15-31,32-17-21-34(54-4)22-18-32)33-19-23-35(55-5)24-20-33/h8-11,13-25,28-29,37-39H,6-7,12,26-27H2,1-5H3,(H2,48,49,50,52,53)/t37-,38-,39-/m1/s1. The second kappa shape index (κ2) is 18.9. The van der Waals surface area contributed by atoms with E-state index in [9.17, 15) is 9.59 Å². The van der Waals surface area contributed by atoms with Crippen LogP contribution in [-0.4, -0.2) is 63.7 Å². The van der Waals surface area contributed by atoms with Crippen LogP contribution in [0.1, 0.15) is 68.5 Å². The molecule has 1 aliphatic heterocycles. The Morgan fingerprint density at radius 1 is 0.933 bits per heavy atom. The quantitative estimate of drug-likeness (QED) is 0.0720. The van der Waals surface area contributed by atoms with Crippen LogP contribution in [0.2, 0.25) is 0 Å². The molecule has 3 heterocycles. The molecule has 0 radical (unpaired) electrons. The Morgan fingerprint density at radius 2 is 1.60 bits per heavy atom. The lowest BCUT2D eigenvalue weighted by Gasteiger charge is -2.37. The molecule has 1 fully saturated rings. The van der Waals surface area contributed by atoms with Gasteiger partial charge in [0, 0.05) is 24.6 Å². The number of unbranched alkanes of at least 4 members (excludes halogenated alkanes) is 1. The number of methoxy groups -OCH3 is 2. The third-order valence-electron chi connectivity index (χ3n) is 10.5. The van der Waals surface area contributed by atoms with Crippen molar-refractivity contribution in [1.29, 1.82) is 0 Å². The Kier molecular flexibility index (Phi) is 13.2. The van der Waals surface area contributed by atoms with E-state index in [1.807, 2.05) is 97.1 Å². The third kappa shape index (κ3) is 9.20. The van der Waals surface area contributed by atoms with E-state index in [-0.39, 0.29) is 47.2 Å². The van der Waals surface area contributed by atoms with Gasteiger partial charge in [-0.05, 0) is 71.5 Å². The number of H-pyrrole nitrogens is 1. The van der Waals surface area contributed by atoms with Gasteiger partial charge in [-0.3, -0.25) is 24.5 Å². The number of carbonyl (C=O) groups is 1. The summed E-state index contributed by atoms with van der Waals surface area (Å²) in [6.07, 6.45) is 2.65. The molecule has 3 atom stereocenters. The summed E-state index contributed by atoms with van der Waals surface area (Å²) < 4.78 is 39.3. The van der Waals surface area contributed by atoms with Crippen molar-refractivity contribution in [3.8, 4) is 17.2 Å². The van der Waals surface area contributed by atoms with Crippen molar-refractivity contribution in [2.45, 2.75) is 70.5 Å². The van der Waals surface area contributed by atoms with E-state index < -0.39 is 29.6 Å². The maximum absolute atomic E-state index is 13.1. The molecule has 14 heteroatoms. The summed E-state index contributed by atoms with van der Waals surface area (Å²) in [5, 5.41) is 2.60. The van der Waals surface area contributed by atoms with Crippen LogP contribution in [0.3, 0.4) is 0 Å². The summed E-state index contributed by atoms with van der Waals surface area (Å²) in [6, 6.07) is 33.3. The highest BCUT2D eigenvalue weighted by atomic mass is 32.1. The highest BCUT2D eigenvalue weighted by molar-refractivity contribution is 7.79. The second-order valence-corrected chi connectivity index (χ2v) is 15.2. The van der Waals surface area contributed by atoms with Crippen molar-refractivity contribution >= 4 is 40.5 Å². The van der Waals surface area contributed by atoms with Gasteiger partial charge in [0.1, 0.15) is 41.3 Å². The van der Waals surface area contributed by atoms with Gasteiger partial charge in [0.2, 0.25) is 11.9 Å². The van der Waals surface area contributed by atoms with Gasteiger partial charge in [0.15, 0.2) is 11.2 Å². The van der Waals surface area contributed by atoms with Gasteiger partial charge in [0.05, 0.1) is 27.2 Å². The molecule has 0 saturated carbocycles. The maximum atomic E-state index is 13.1. The molecule has 7 rings (SSSR count). The number of aryl methyl sites for hydroxylation is 1. The van der Waals surface area contributed by atoms with E-state index in [2.05, 4.69) is 33.3 Å². The number of carbonyl (C=O) groups excluding carboxylic acids is 1. The number of nitrogens with zero attached hydrogens (tertiary/aromatic N) is 3. The van der Waals surface area contributed by atoms with E-state index in [1.165, 1.54) is 6.33 Å². The van der Waals surface area contributed by atoms with Gasteiger partial charge in [0.25, 0.3) is 5.56 Å². The Bertz CT molecular complexity index is 2410. The normalized spacial score (nSPS) is 16.5. The van der Waals surface area contributed by atoms with Gasteiger partial charge in [-0.15, -0.1) is 0 Å². The molecule has 2 aromatic heterocycles. The first-order chi connectivity index (χ1) is 29.1. The van der Waals surface area contributed by atoms with Crippen LogP contribution in [0.5, 0.6) is 17.2 Å².